The van der Waals surface area contributed by atoms with Gasteiger partial charge in [-0.05, 0) is 93.1 Å². The summed E-state index contributed by atoms with van der Waals surface area (Å²) in [5.41, 5.74) is 16.8. The van der Waals surface area contributed by atoms with Gasteiger partial charge in [0.05, 0.1) is 0 Å². The molecule has 0 saturated carbocycles. The Hall–Kier alpha value is -4.86. The van der Waals surface area contributed by atoms with Gasteiger partial charge in [0, 0.05) is 67.7 Å². The minimum atomic E-state index is -10.7. The molecule has 3 aromatic heterocycles. The summed E-state index contributed by atoms with van der Waals surface area (Å²) in [7, 11) is -32.0. The van der Waals surface area contributed by atoms with E-state index in [1.165, 1.54) is 82.8 Å². The van der Waals surface area contributed by atoms with Gasteiger partial charge in [0.15, 0.2) is 38.2 Å². The van der Waals surface area contributed by atoms with E-state index in [4.69, 9.17) is 0 Å². The Morgan fingerprint density at radius 2 is 0.507 bits per heavy atom. The van der Waals surface area contributed by atoms with Crippen LogP contribution in [-0.2, 0) is 38.9 Å². The summed E-state index contributed by atoms with van der Waals surface area (Å²) >= 11 is 0. The zero-order chi connectivity index (χ0) is 52.6. The van der Waals surface area contributed by atoms with Crippen LogP contribution in [0.1, 0.15) is 70.8 Å². The SMILES string of the molecule is CCc1c(C[n+]2cc(C)cc3ccccc32)c(CC)c(C[n+]2cc(C)cc3ccccc32)c(CC)c1C[n+]1cc(C)cc2ccccc21.F[P-](F)(F)(F)(F)F.F[P-](F)(F)(F)(F)F.F[P-](F)(F)(F)(F)F. The second-order valence-corrected chi connectivity index (χ2v) is 22.2. The molecule has 4 aromatic carbocycles. The van der Waals surface area contributed by atoms with Crippen LogP contribution in [0.5, 0.6) is 0 Å². The Morgan fingerprint density at radius 1 is 0.319 bits per heavy atom. The molecule has 0 aliphatic heterocycles. The first-order valence-corrected chi connectivity index (χ1v) is 26.8. The van der Waals surface area contributed by atoms with Crippen LogP contribution in [0, 0.1) is 20.8 Å². The molecule has 0 fully saturated rings. The topological polar surface area (TPSA) is 11.6 Å². The van der Waals surface area contributed by atoms with Crippen molar-refractivity contribution in [2.75, 3.05) is 0 Å². The Morgan fingerprint density at radius 3 is 0.696 bits per heavy atom. The van der Waals surface area contributed by atoms with Crippen molar-refractivity contribution in [3.63, 3.8) is 0 Å². The van der Waals surface area contributed by atoms with Gasteiger partial charge in [0.25, 0.3) is 0 Å². The molecule has 0 atom stereocenters. The molecule has 3 nitrogen and oxygen atoms in total. The molecule has 0 saturated heterocycles. The first-order chi connectivity index (χ1) is 30.7. The summed E-state index contributed by atoms with van der Waals surface area (Å²) in [6.45, 7) is 16.3. The fourth-order valence-electron chi connectivity index (χ4n) is 8.26. The van der Waals surface area contributed by atoms with E-state index in [9.17, 15) is 75.5 Å². The van der Waals surface area contributed by atoms with Crippen LogP contribution in [0.4, 0.5) is 75.5 Å². The second-order valence-electron chi connectivity index (χ2n) is 16.4. The molecule has 0 unspecified atom stereocenters. The van der Waals surface area contributed by atoms with Gasteiger partial charge in [-0.2, -0.15) is 13.7 Å². The molecule has 0 radical (unpaired) electrons. The fraction of sp³-hybridized carbons (Fsp3) is 0.267. The maximum absolute atomic E-state index is 10.7. The molecule has 0 aliphatic carbocycles. The first kappa shape index (κ1) is 56.7. The van der Waals surface area contributed by atoms with Crippen molar-refractivity contribution in [1.82, 2.24) is 0 Å². The van der Waals surface area contributed by atoms with Gasteiger partial charge in [0.2, 0.25) is 16.6 Å². The van der Waals surface area contributed by atoms with Crippen molar-refractivity contribution in [3.05, 3.63) is 160 Å². The molecule has 384 valence electrons. The van der Waals surface area contributed by atoms with Crippen LogP contribution >= 0.6 is 23.4 Å². The third kappa shape index (κ3) is 21.0. The van der Waals surface area contributed by atoms with Crippen LogP contribution in [0.15, 0.2) is 110 Å². The molecule has 69 heavy (non-hydrogen) atoms. The quantitative estimate of drug-likeness (QED) is 0.0776. The molecule has 24 heteroatoms. The summed E-state index contributed by atoms with van der Waals surface area (Å²) in [6.07, 6.45) is 10.0. The number of fused-ring (bicyclic) bond motifs is 3. The number of hydrogen-bond donors (Lipinski definition) is 0. The van der Waals surface area contributed by atoms with Gasteiger partial charge >= 0.3 is 99.0 Å². The molecule has 3 heterocycles. The van der Waals surface area contributed by atoms with E-state index < -0.39 is 23.4 Å². The average Bonchev–Trinajstić information content (AvgIpc) is 3.14. The number of halogens is 18. The van der Waals surface area contributed by atoms with E-state index in [1.807, 2.05) is 0 Å². The predicted molar refractivity (Wildman–Crippen MR) is 239 cm³/mol. The summed E-state index contributed by atoms with van der Waals surface area (Å²) in [6, 6.07) is 33.5. The molecule has 0 N–H and O–H groups in total. The van der Waals surface area contributed by atoms with Crippen LogP contribution in [-0.4, -0.2) is 0 Å². The van der Waals surface area contributed by atoms with Crippen LogP contribution in [0.3, 0.4) is 0 Å². The molecule has 0 spiro atoms. The van der Waals surface area contributed by atoms with Crippen molar-refractivity contribution in [2.45, 2.75) is 80.4 Å². The molecule has 7 aromatic rings. The Kier molecular flexibility index (Phi) is 14.4. The second kappa shape index (κ2) is 17.5. The number of pyridine rings is 3. The fourth-order valence-corrected chi connectivity index (χ4v) is 8.26. The molecule has 0 bridgehead atoms. The van der Waals surface area contributed by atoms with Gasteiger partial charge in [-0.1, -0.05) is 57.2 Å². The van der Waals surface area contributed by atoms with Gasteiger partial charge in [-0.25, -0.2) is 0 Å². The number of hydrogen-bond acceptors (Lipinski definition) is 0. The Labute approximate surface area is 384 Å². The summed E-state index contributed by atoms with van der Waals surface area (Å²) in [4.78, 5) is 0. The Balaban J connectivity index is 0.000000412. The van der Waals surface area contributed by atoms with E-state index in [-0.39, 0.29) is 0 Å². The van der Waals surface area contributed by atoms with Gasteiger partial charge < -0.3 is 0 Å². The van der Waals surface area contributed by atoms with Crippen molar-refractivity contribution in [3.8, 4) is 0 Å². The number of aromatic nitrogens is 3. The van der Waals surface area contributed by atoms with Crippen molar-refractivity contribution < 1.29 is 89.2 Å². The van der Waals surface area contributed by atoms with E-state index >= 15 is 0 Å². The standard InChI is InChI=1S/C45H48N3.3F6P/c1-7-37-40(28-46-25-31(4)22-34-16-10-13-19-43(34)46)38(8-2)42(30-48-27-33(6)24-36-18-12-15-21-45(36)48)39(9-3)41(37)29-47-26-32(5)23-35-17-11-14-20-44(35)47;3*1-7(2,3,4,5)6/h10-27H,7-9,28-30H2,1-6H3;;;/q+3;3*-1. The first-order valence-electron chi connectivity index (χ1n) is 20.8. The number of aryl methyl sites for hydroxylation is 3. The molecule has 0 amide bonds. The number of para-hydroxylation sites is 3. The normalized spacial score (nSPS) is 15.1. The summed E-state index contributed by atoms with van der Waals surface area (Å²) < 4.78 is 185. The van der Waals surface area contributed by atoms with E-state index in [1.54, 1.807) is 0 Å². The molecular formula is C45H48F18N3P3. The number of nitrogens with zero attached hydrogens (tertiary/aromatic N) is 3. The molecule has 7 rings (SSSR count). The van der Waals surface area contributed by atoms with Gasteiger partial charge in [0.1, 0.15) is 0 Å². The zero-order valence-corrected chi connectivity index (χ0v) is 40.3. The van der Waals surface area contributed by atoms with Gasteiger partial charge in [-0.3, -0.25) is 0 Å². The van der Waals surface area contributed by atoms with Crippen molar-refractivity contribution in [2.24, 2.45) is 0 Å². The monoisotopic (exact) mass is 1070 g/mol. The van der Waals surface area contributed by atoms with Crippen LogP contribution < -0.4 is 13.7 Å². The number of rotatable bonds is 9. The Bertz CT molecular complexity index is 2670. The average molecular weight is 1070 g/mol. The van der Waals surface area contributed by atoms with E-state index in [0.717, 1.165) is 38.9 Å². The minimum absolute atomic E-state index is 0.858. The van der Waals surface area contributed by atoms with Crippen molar-refractivity contribution in [1.29, 1.82) is 0 Å². The number of benzene rings is 4. The third-order valence-corrected chi connectivity index (χ3v) is 10.2. The molecule has 0 aliphatic rings. The predicted octanol–water partition coefficient (Wildman–Crippen LogP) is 18.9. The van der Waals surface area contributed by atoms with Crippen molar-refractivity contribution >= 4 is 56.1 Å². The molecular weight excluding hydrogens is 1020 g/mol. The van der Waals surface area contributed by atoms with Crippen LogP contribution in [0.2, 0.25) is 0 Å². The van der Waals surface area contributed by atoms with Crippen LogP contribution in [0.25, 0.3) is 32.7 Å². The third-order valence-electron chi connectivity index (χ3n) is 10.2. The summed E-state index contributed by atoms with van der Waals surface area (Å²) in [5, 5.41) is 3.88. The van der Waals surface area contributed by atoms with E-state index in [2.05, 4.69) is 165 Å². The van der Waals surface area contributed by atoms with E-state index in [0.29, 0.717) is 0 Å². The maximum atomic E-state index is 9.87. The zero-order valence-electron chi connectivity index (χ0n) is 37.6. The van der Waals surface area contributed by atoms with Gasteiger partial charge in [-0.15, -0.1) is 0 Å². The summed E-state index contributed by atoms with van der Waals surface area (Å²) in [5.74, 6) is 0.